The molecule has 2 amide bonds. The summed E-state index contributed by atoms with van der Waals surface area (Å²) in [6.45, 7) is 0.504. The summed E-state index contributed by atoms with van der Waals surface area (Å²) in [4.78, 5) is 41.5. The number of carbonyl (C=O) groups is 2. The summed E-state index contributed by atoms with van der Waals surface area (Å²) in [6, 6.07) is 7.48. The van der Waals surface area contributed by atoms with Gasteiger partial charge < -0.3 is 15.2 Å². The van der Waals surface area contributed by atoms with Crippen LogP contribution in [0.15, 0.2) is 35.1 Å². The predicted octanol–water partition coefficient (Wildman–Crippen LogP) is 1.67. The summed E-state index contributed by atoms with van der Waals surface area (Å²) < 4.78 is 13.1. The van der Waals surface area contributed by atoms with Gasteiger partial charge >= 0.3 is 0 Å². The molecule has 2 N–H and O–H groups in total. The van der Waals surface area contributed by atoms with Crippen molar-refractivity contribution in [1.29, 1.82) is 0 Å². The molecule has 1 aliphatic heterocycles. The lowest BCUT2D eigenvalue weighted by atomic mass is 10.1. The zero-order valence-electron chi connectivity index (χ0n) is 14.8. The number of hydrogen-bond donors (Lipinski definition) is 2. The number of aryl methyl sites for hydroxylation is 2. The van der Waals surface area contributed by atoms with E-state index in [9.17, 15) is 18.8 Å². The van der Waals surface area contributed by atoms with Crippen molar-refractivity contribution in [1.82, 2.24) is 10.3 Å². The molecular weight excluding hydrogens is 349 g/mol. The number of aromatic amines is 1. The first-order valence-corrected chi connectivity index (χ1v) is 9.11. The Kier molecular flexibility index (Phi) is 4.51. The lowest BCUT2D eigenvalue weighted by Crippen LogP contribution is -2.37. The van der Waals surface area contributed by atoms with Crippen LogP contribution < -0.4 is 15.8 Å². The first-order chi connectivity index (χ1) is 13.0. The molecule has 1 fully saturated rings. The molecule has 1 aromatic carbocycles. The Morgan fingerprint density at radius 1 is 1.22 bits per heavy atom. The van der Waals surface area contributed by atoms with Crippen LogP contribution in [0.5, 0.6) is 0 Å². The van der Waals surface area contributed by atoms with E-state index in [4.69, 9.17) is 0 Å². The van der Waals surface area contributed by atoms with Crippen LogP contribution in [0.1, 0.15) is 29.7 Å². The van der Waals surface area contributed by atoms with E-state index in [1.165, 1.54) is 29.2 Å². The molecular formula is C20H20FN3O3. The molecule has 140 valence electrons. The van der Waals surface area contributed by atoms with Crippen molar-refractivity contribution < 1.29 is 14.0 Å². The van der Waals surface area contributed by atoms with Crippen molar-refractivity contribution in [2.75, 3.05) is 11.4 Å². The summed E-state index contributed by atoms with van der Waals surface area (Å²) in [5.41, 5.74) is 2.99. The number of nitrogens with one attached hydrogen (secondary N) is 2. The number of benzene rings is 1. The SMILES string of the molecule is O=C(NCc1cc2c([nH]c1=O)CCC2)C1CCN(c2ccc(F)cc2)C1=O. The molecule has 0 saturated carbocycles. The Labute approximate surface area is 155 Å². The summed E-state index contributed by atoms with van der Waals surface area (Å²) in [7, 11) is 0. The van der Waals surface area contributed by atoms with E-state index in [2.05, 4.69) is 10.3 Å². The fourth-order valence-corrected chi connectivity index (χ4v) is 3.80. The second-order valence-electron chi connectivity index (χ2n) is 7.01. The van der Waals surface area contributed by atoms with Crippen LogP contribution in [0.4, 0.5) is 10.1 Å². The Balaban J connectivity index is 1.41. The van der Waals surface area contributed by atoms with Gasteiger partial charge in [-0.2, -0.15) is 0 Å². The van der Waals surface area contributed by atoms with Gasteiger partial charge in [0.1, 0.15) is 11.7 Å². The molecule has 0 spiro atoms. The maximum Gasteiger partial charge on any atom is 0.253 e. The molecule has 1 saturated heterocycles. The van der Waals surface area contributed by atoms with Crippen LogP contribution in [0.3, 0.4) is 0 Å². The Hall–Kier alpha value is -2.96. The Morgan fingerprint density at radius 3 is 2.78 bits per heavy atom. The normalized spacial score (nSPS) is 18.6. The fourth-order valence-electron chi connectivity index (χ4n) is 3.80. The van der Waals surface area contributed by atoms with Gasteiger partial charge in [-0.25, -0.2) is 4.39 Å². The number of carbonyl (C=O) groups excluding carboxylic acids is 2. The molecule has 0 radical (unpaired) electrons. The zero-order valence-corrected chi connectivity index (χ0v) is 14.8. The molecule has 1 aromatic heterocycles. The third kappa shape index (κ3) is 3.37. The molecule has 2 aliphatic rings. The summed E-state index contributed by atoms with van der Waals surface area (Å²) >= 11 is 0. The third-order valence-electron chi connectivity index (χ3n) is 5.28. The van der Waals surface area contributed by atoms with Crippen molar-refractivity contribution in [2.45, 2.75) is 32.2 Å². The lowest BCUT2D eigenvalue weighted by molar-refractivity contribution is -0.132. The second kappa shape index (κ2) is 6.98. The molecule has 0 bridgehead atoms. The minimum atomic E-state index is -0.788. The van der Waals surface area contributed by atoms with Crippen LogP contribution in [-0.4, -0.2) is 23.3 Å². The van der Waals surface area contributed by atoms with Crippen LogP contribution >= 0.6 is 0 Å². The van der Waals surface area contributed by atoms with Crippen LogP contribution in [0, 0.1) is 11.7 Å². The van der Waals surface area contributed by atoms with E-state index >= 15 is 0 Å². The number of rotatable bonds is 4. The van der Waals surface area contributed by atoms with Crippen LogP contribution in [0.25, 0.3) is 0 Å². The first-order valence-electron chi connectivity index (χ1n) is 9.11. The number of H-pyrrole nitrogens is 1. The molecule has 6 nitrogen and oxygen atoms in total. The number of hydrogen-bond acceptors (Lipinski definition) is 3. The second-order valence-corrected chi connectivity index (χ2v) is 7.01. The molecule has 4 rings (SSSR count). The highest BCUT2D eigenvalue weighted by Crippen LogP contribution is 2.25. The lowest BCUT2D eigenvalue weighted by Gasteiger charge is -2.16. The predicted molar refractivity (Wildman–Crippen MR) is 97.8 cm³/mol. The highest BCUT2D eigenvalue weighted by molar-refractivity contribution is 6.09. The van der Waals surface area contributed by atoms with Crippen LogP contribution in [-0.2, 0) is 29.0 Å². The number of nitrogens with zero attached hydrogens (tertiary/aromatic N) is 1. The molecule has 27 heavy (non-hydrogen) atoms. The maximum absolute atomic E-state index is 13.1. The van der Waals surface area contributed by atoms with Gasteiger partial charge in [0.15, 0.2) is 0 Å². The number of fused-ring (bicyclic) bond motifs is 1. The van der Waals surface area contributed by atoms with E-state index in [1.54, 1.807) is 0 Å². The van der Waals surface area contributed by atoms with Gasteiger partial charge in [0.05, 0.1) is 0 Å². The van der Waals surface area contributed by atoms with Gasteiger partial charge in [0.2, 0.25) is 11.8 Å². The Morgan fingerprint density at radius 2 is 2.00 bits per heavy atom. The van der Waals surface area contributed by atoms with Gasteiger partial charge in [0, 0.05) is 30.0 Å². The third-order valence-corrected chi connectivity index (χ3v) is 5.28. The number of amides is 2. The highest BCUT2D eigenvalue weighted by Gasteiger charge is 2.37. The molecule has 1 aliphatic carbocycles. The van der Waals surface area contributed by atoms with Crippen molar-refractivity contribution in [3.63, 3.8) is 0 Å². The van der Waals surface area contributed by atoms with E-state index in [1.807, 2.05) is 6.07 Å². The van der Waals surface area contributed by atoms with E-state index in [-0.39, 0.29) is 29.7 Å². The van der Waals surface area contributed by atoms with E-state index in [0.717, 1.165) is 30.5 Å². The standard InChI is InChI=1S/C20H20FN3O3/c21-14-4-6-15(7-5-14)24-9-8-16(20(24)27)19(26)22-11-13-10-12-2-1-3-17(12)23-18(13)25/h4-7,10,16H,1-3,8-9,11H2,(H,22,26)(H,23,25). The minimum Gasteiger partial charge on any atom is -0.351 e. The summed E-state index contributed by atoms with van der Waals surface area (Å²) in [6.07, 6.45) is 3.23. The summed E-state index contributed by atoms with van der Waals surface area (Å²) in [5.74, 6) is -1.85. The van der Waals surface area contributed by atoms with Crippen molar-refractivity contribution in [3.05, 3.63) is 63.3 Å². The van der Waals surface area contributed by atoms with Gasteiger partial charge in [0.25, 0.3) is 5.56 Å². The van der Waals surface area contributed by atoms with Crippen molar-refractivity contribution in [3.8, 4) is 0 Å². The molecule has 1 unspecified atom stereocenters. The molecule has 2 heterocycles. The highest BCUT2D eigenvalue weighted by atomic mass is 19.1. The topological polar surface area (TPSA) is 82.3 Å². The number of pyridine rings is 1. The van der Waals surface area contributed by atoms with E-state index in [0.29, 0.717) is 24.2 Å². The van der Waals surface area contributed by atoms with Crippen molar-refractivity contribution >= 4 is 17.5 Å². The van der Waals surface area contributed by atoms with Gasteiger partial charge in [-0.05, 0) is 61.6 Å². The number of halogens is 1. The fraction of sp³-hybridized carbons (Fsp3) is 0.350. The quantitative estimate of drug-likeness (QED) is 0.805. The van der Waals surface area contributed by atoms with Crippen LogP contribution in [0.2, 0.25) is 0 Å². The minimum absolute atomic E-state index is 0.0990. The Bertz CT molecular complexity index is 952. The van der Waals surface area contributed by atoms with Crippen molar-refractivity contribution in [2.24, 2.45) is 5.92 Å². The maximum atomic E-state index is 13.1. The average Bonchev–Trinajstić information content (AvgIpc) is 3.26. The number of anilines is 1. The van der Waals surface area contributed by atoms with E-state index < -0.39 is 5.92 Å². The monoisotopic (exact) mass is 369 g/mol. The van der Waals surface area contributed by atoms with Gasteiger partial charge in [-0.3, -0.25) is 14.4 Å². The summed E-state index contributed by atoms with van der Waals surface area (Å²) in [5, 5.41) is 2.72. The average molecular weight is 369 g/mol. The smallest absolute Gasteiger partial charge is 0.253 e. The first kappa shape index (κ1) is 17.5. The largest absolute Gasteiger partial charge is 0.351 e. The number of aromatic nitrogens is 1. The van der Waals surface area contributed by atoms with Gasteiger partial charge in [-0.1, -0.05) is 0 Å². The zero-order chi connectivity index (χ0) is 19.0. The molecule has 7 heteroatoms. The van der Waals surface area contributed by atoms with Gasteiger partial charge in [-0.15, -0.1) is 0 Å². The molecule has 2 aromatic rings. The molecule has 1 atom stereocenters.